The second-order valence-electron chi connectivity index (χ2n) is 4.16. The van der Waals surface area contributed by atoms with Crippen molar-refractivity contribution in [1.29, 1.82) is 0 Å². The third-order valence-electron chi connectivity index (χ3n) is 2.64. The molecule has 0 amide bonds. The van der Waals surface area contributed by atoms with E-state index in [1.165, 1.54) is 6.07 Å². The predicted octanol–water partition coefficient (Wildman–Crippen LogP) is 2.01. The Bertz CT molecular complexity index is 437. The van der Waals surface area contributed by atoms with Crippen LogP contribution >= 0.6 is 0 Å². The Morgan fingerprint density at radius 2 is 2.22 bits per heavy atom. The lowest BCUT2D eigenvalue weighted by atomic mass is 10.1. The van der Waals surface area contributed by atoms with Gasteiger partial charge in [0.05, 0.1) is 4.92 Å². The van der Waals surface area contributed by atoms with Gasteiger partial charge in [-0.15, -0.1) is 0 Å². The van der Waals surface area contributed by atoms with Crippen LogP contribution < -0.4 is 5.32 Å². The van der Waals surface area contributed by atoms with E-state index in [0.717, 1.165) is 18.5 Å². The van der Waals surface area contributed by atoms with Crippen LogP contribution in [0.5, 0.6) is 0 Å². The number of nitrogens with one attached hydrogen (secondary N) is 1. The molecule has 5 nitrogen and oxygen atoms in total. The zero-order chi connectivity index (χ0) is 13.5. The highest BCUT2D eigenvalue weighted by Crippen LogP contribution is 2.18. The Balaban J connectivity index is 2.50. The molecule has 2 unspecified atom stereocenters. The maximum atomic E-state index is 10.9. The van der Waals surface area contributed by atoms with Crippen molar-refractivity contribution in [2.45, 2.75) is 19.4 Å². The summed E-state index contributed by atoms with van der Waals surface area (Å²) in [6.45, 7) is 2.71. The van der Waals surface area contributed by atoms with Gasteiger partial charge in [0.2, 0.25) is 0 Å². The van der Waals surface area contributed by atoms with Gasteiger partial charge >= 0.3 is 0 Å². The lowest BCUT2D eigenvalue weighted by molar-refractivity contribution is -0.384. The molecule has 0 radical (unpaired) electrons. The van der Waals surface area contributed by atoms with Crippen LogP contribution in [0.2, 0.25) is 0 Å². The molecule has 2 atom stereocenters. The average Bonchev–Trinajstić information content (AvgIpc) is 2.34. The van der Waals surface area contributed by atoms with Gasteiger partial charge in [0.25, 0.3) is 5.69 Å². The molecular weight excluding hydrogens is 252 g/mol. The van der Waals surface area contributed by atoms with Crippen LogP contribution in [0.15, 0.2) is 24.3 Å². The van der Waals surface area contributed by atoms with Crippen molar-refractivity contribution in [2.75, 3.05) is 18.6 Å². The number of hydrogen-bond acceptors (Lipinski definition) is 4. The second-order valence-corrected chi connectivity index (χ2v) is 5.71. The van der Waals surface area contributed by atoms with E-state index in [4.69, 9.17) is 0 Å². The van der Waals surface area contributed by atoms with Crippen molar-refractivity contribution in [3.8, 4) is 0 Å². The fraction of sp³-hybridized carbons (Fsp3) is 0.500. The van der Waals surface area contributed by atoms with Crippen LogP contribution in [-0.2, 0) is 10.8 Å². The molecule has 1 rings (SSSR count). The van der Waals surface area contributed by atoms with Crippen molar-refractivity contribution in [3.63, 3.8) is 0 Å². The Labute approximate surface area is 109 Å². The minimum Gasteiger partial charge on any atom is -0.310 e. The third kappa shape index (κ3) is 4.93. The van der Waals surface area contributed by atoms with E-state index >= 15 is 0 Å². The monoisotopic (exact) mass is 270 g/mol. The summed E-state index contributed by atoms with van der Waals surface area (Å²) in [5.74, 6) is 0.675. The first kappa shape index (κ1) is 14.8. The maximum Gasteiger partial charge on any atom is 0.269 e. The van der Waals surface area contributed by atoms with E-state index in [0.29, 0.717) is 5.75 Å². The van der Waals surface area contributed by atoms with E-state index < -0.39 is 15.7 Å². The molecule has 0 aliphatic heterocycles. The van der Waals surface area contributed by atoms with E-state index in [1.54, 1.807) is 18.4 Å². The Morgan fingerprint density at radius 1 is 1.50 bits per heavy atom. The van der Waals surface area contributed by atoms with Gasteiger partial charge < -0.3 is 5.32 Å². The topological polar surface area (TPSA) is 72.2 Å². The maximum absolute atomic E-state index is 10.9. The van der Waals surface area contributed by atoms with Crippen LogP contribution in [0, 0.1) is 10.1 Å². The van der Waals surface area contributed by atoms with Crippen molar-refractivity contribution >= 4 is 16.5 Å². The molecule has 1 aromatic carbocycles. The molecule has 1 aromatic rings. The number of non-ortho nitro benzene ring substituents is 1. The lowest BCUT2D eigenvalue weighted by Gasteiger charge is -2.13. The normalized spacial score (nSPS) is 14.1. The molecule has 0 saturated carbocycles. The zero-order valence-corrected chi connectivity index (χ0v) is 11.4. The third-order valence-corrected chi connectivity index (χ3v) is 3.50. The summed E-state index contributed by atoms with van der Waals surface area (Å²) in [7, 11) is -0.764. The summed E-state index contributed by atoms with van der Waals surface area (Å²) >= 11 is 0. The molecule has 0 bridgehead atoms. The molecule has 0 aliphatic carbocycles. The Hall–Kier alpha value is -1.27. The number of rotatable bonds is 7. The number of nitro benzene ring substituents is 1. The number of hydrogen-bond donors (Lipinski definition) is 1. The molecule has 1 N–H and O–H groups in total. The molecular formula is C12H18N2O3S. The molecule has 18 heavy (non-hydrogen) atoms. The summed E-state index contributed by atoms with van der Waals surface area (Å²) in [6.07, 6.45) is 2.52. The Morgan fingerprint density at radius 3 is 2.83 bits per heavy atom. The highest BCUT2D eigenvalue weighted by Gasteiger charge is 2.10. The van der Waals surface area contributed by atoms with Gasteiger partial charge in [-0.1, -0.05) is 12.1 Å². The molecule has 0 fully saturated rings. The van der Waals surface area contributed by atoms with E-state index in [2.05, 4.69) is 5.32 Å². The summed E-state index contributed by atoms with van der Waals surface area (Å²) in [5.41, 5.74) is 0.998. The predicted molar refractivity (Wildman–Crippen MR) is 73.1 cm³/mol. The standard InChI is InChI=1S/C12H18N2O3S/c1-10(13-7-4-8-18(2)17)11-5-3-6-12(9-11)14(15)16/h3,5-6,9-10,13H,4,7-8H2,1-2H3. The zero-order valence-electron chi connectivity index (χ0n) is 10.6. The van der Waals surface area contributed by atoms with Crippen LogP contribution in [0.3, 0.4) is 0 Å². The quantitative estimate of drug-likeness (QED) is 0.467. The van der Waals surface area contributed by atoms with Gasteiger partial charge in [-0.05, 0) is 25.5 Å². The molecule has 0 spiro atoms. The number of benzene rings is 1. The fourth-order valence-electron chi connectivity index (χ4n) is 1.62. The molecule has 0 aliphatic rings. The molecule has 6 heteroatoms. The number of nitro groups is 1. The van der Waals surface area contributed by atoms with Crippen molar-refractivity contribution < 1.29 is 9.13 Å². The molecule has 0 heterocycles. The smallest absolute Gasteiger partial charge is 0.269 e. The summed E-state index contributed by atoms with van der Waals surface area (Å²) < 4.78 is 10.9. The van der Waals surface area contributed by atoms with Gasteiger partial charge in [-0.2, -0.15) is 0 Å². The first-order chi connectivity index (χ1) is 8.50. The van der Waals surface area contributed by atoms with E-state index in [9.17, 15) is 14.3 Å². The molecule has 100 valence electrons. The average molecular weight is 270 g/mol. The summed E-state index contributed by atoms with van der Waals surface area (Å²) in [4.78, 5) is 10.3. The van der Waals surface area contributed by atoms with Gasteiger partial charge in [-0.3, -0.25) is 14.3 Å². The van der Waals surface area contributed by atoms with E-state index in [-0.39, 0.29) is 11.7 Å². The Kier molecular flexibility index (Phi) is 5.94. The van der Waals surface area contributed by atoms with Gasteiger partial charge in [-0.25, -0.2) is 0 Å². The van der Waals surface area contributed by atoms with Gasteiger partial charge in [0, 0.05) is 41.0 Å². The lowest BCUT2D eigenvalue weighted by Crippen LogP contribution is -2.21. The highest BCUT2D eigenvalue weighted by molar-refractivity contribution is 7.84. The van der Waals surface area contributed by atoms with Crippen LogP contribution in [-0.4, -0.2) is 27.7 Å². The largest absolute Gasteiger partial charge is 0.310 e. The minimum atomic E-state index is -0.764. The SMILES string of the molecule is CC(NCCCS(C)=O)c1cccc([N+](=O)[O-])c1. The van der Waals surface area contributed by atoms with Gasteiger partial charge in [0.15, 0.2) is 0 Å². The van der Waals surface area contributed by atoms with Crippen molar-refractivity contribution in [2.24, 2.45) is 0 Å². The summed E-state index contributed by atoms with van der Waals surface area (Å²) in [5, 5.41) is 13.9. The second kappa shape index (κ2) is 7.23. The van der Waals surface area contributed by atoms with Crippen LogP contribution in [0.25, 0.3) is 0 Å². The van der Waals surface area contributed by atoms with Gasteiger partial charge in [0.1, 0.15) is 0 Å². The summed E-state index contributed by atoms with van der Waals surface area (Å²) in [6, 6.07) is 6.66. The first-order valence-electron chi connectivity index (χ1n) is 5.78. The van der Waals surface area contributed by atoms with Crippen molar-refractivity contribution in [1.82, 2.24) is 5.32 Å². The van der Waals surface area contributed by atoms with E-state index in [1.807, 2.05) is 13.0 Å². The molecule has 0 saturated heterocycles. The first-order valence-corrected chi connectivity index (χ1v) is 7.51. The highest BCUT2D eigenvalue weighted by atomic mass is 32.2. The van der Waals surface area contributed by atoms with Crippen molar-refractivity contribution in [3.05, 3.63) is 39.9 Å². The van der Waals surface area contributed by atoms with Crippen LogP contribution in [0.4, 0.5) is 5.69 Å². The minimum absolute atomic E-state index is 0.0511. The number of nitrogens with zero attached hydrogens (tertiary/aromatic N) is 1. The van der Waals surface area contributed by atoms with Crippen LogP contribution in [0.1, 0.15) is 24.9 Å². The fourth-order valence-corrected chi connectivity index (χ4v) is 2.17. The molecule has 0 aromatic heterocycles.